The summed E-state index contributed by atoms with van der Waals surface area (Å²) in [5.41, 5.74) is 0. The van der Waals surface area contributed by atoms with Crippen LogP contribution in [-0.4, -0.2) is 46.9 Å². The summed E-state index contributed by atoms with van der Waals surface area (Å²) < 4.78 is 9.77. The molecule has 0 saturated carbocycles. The van der Waals surface area contributed by atoms with Crippen LogP contribution in [0.3, 0.4) is 0 Å². The van der Waals surface area contributed by atoms with Crippen molar-refractivity contribution < 1.29 is 29.0 Å². The molecule has 88 valence electrons. The topological polar surface area (TPSA) is 93.1 Å². The van der Waals surface area contributed by atoms with E-state index < -0.39 is 18.5 Å². The van der Waals surface area contributed by atoms with Gasteiger partial charge in [-0.1, -0.05) is 0 Å². The first-order valence-corrected chi connectivity index (χ1v) is 4.95. The number of ether oxygens (including phenoxy) is 2. The lowest BCUT2D eigenvalue weighted by atomic mass is 10.2. The molecule has 2 atom stereocenters. The van der Waals surface area contributed by atoms with Gasteiger partial charge in [0.15, 0.2) is 12.3 Å². The van der Waals surface area contributed by atoms with Gasteiger partial charge in [-0.2, -0.15) is 0 Å². The number of rotatable bonds is 2. The van der Waals surface area contributed by atoms with Crippen LogP contribution in [0, 0.1) is 0 Å². The van der Waals surface area contributed by atoms with Crippen molar-refractivity contribution in [1.82, 2.24) is 4.90 Å². The third kappa shape index (κ3) is 1.85. The molecular weight excluding hydrogens is 218 g/mol. The quantitative estimate of drug-likeness (QED) is 0.527. The minimum atomic E-state index is -1.43. The van der Waals surface area contributed by atoms with E-state index in [0.29, 0.717) is 6.42 Å². The summed E-state index contributed by atoms with van der Waals surface area (Å²) >= 11 is 0. The van der Waals surface area contributed by atoms with Crippen LogP contribution in [0.25, 0.3) is 0 Å². The molecule has 2 aliphatic heterocycles. The van der Waals surface area contributed by atoms with Gasteiger partial charge in [-0.15, -0.1) is 0 Å². The summed E-state index contributed by atoms with van der Waals surface area (Å²) in [6.45, 7) is 0.277. The molecule has 16 heavy (non-hydrogen) atoms. The molecule has 2 heterocycles. The fraction of sp³-hybridized carbons (Fsp3) is 0.667. The van der Waals surface area contributed by atoms with E-state index in [4.69, 9.17) is 9.84 Å². The lowest BCUT2D eigenvalue weighted by molar-refractivity contribution is -0.156. The minimum Gasteiger partial charge on any atom is -0.450 e. The highest BCUT2D eigenvalue weighted by Gasteiger charge is 2.44. The molecule has 2 rings (SSSR count). The molecule has 0 aromatic carbocycles. The fourth-order valence-corrected chi connectivity index (χ4v) is 1.92. The van der Waals surface area contributed by atoms with Gasteiger partial charge in [0.1, 0.15) is 0 Å². The Morgan fingerprint density at radius 2 is 2.00 bits per heavy atom. The Bertz CT molecular complexity index is 325. The molecule has 0 spiro atoms. The highest BCUT2D eigenvalue weighted by atomic mass is 16.7. The number of likely N-dealkylation sites (tertiary alicyclic amines) is 1. The van der Waals surface area contributed by atoms with Gasteiger partial charge < -0.3 is 14.6 Å². The van der Waals surface area contributed by atoms with Crippen LogP contribution in [0.4, 0.5) is 4.79 Å². The van der Waals surface area contributed by atoms with Crippen LogP contribution in [0.5, 0.6) is 0 Å². The molecule has 2 amide bonds. The fourth-order valence-electron chi connectivity index (χ4n) is 1.92. The number of nitrogens with zero attached hydrogens (tertiary/aromatic N) is 1. The van der Waals surface area contributed by atoms with E-state index in [1.54, 1.807) is 0 Å². The van der Waals surface area contributed by atoms with E-state index in [9.17, 15) is 14.4 Å². The molecule has 0 aromatic rings. The van der Waals surface area contributed by atoms with Gasteiger partial charge in [-0.3, -0.25) is 14.5 Å². The van der Waals surface area contributed by atoms with E-state index in [2.05, 4.69) is 4.74 Å². The maximum absolute atomic E-state index is 11.4. The largest absolute Gasteiger partial charge is 0.506 e. The third-order valence-electron chi connectivity index (χ3n) is 2.61. The first kappa shape index (κ1) is 10.9. The second-order valence-corrected chi connectivity index (χ2v) is 3.63. The van der Waals surface area contributed by atoms with Gasteiger partial charge in [0.25, 0.3) is 0 Å². The molecule has 0 aromatic heterocycles. The second kappa shape index (κ2) is 4.09. The average molecular weight is 229 g/mol. The van der Waals surface area contributed by atoms with Crippen LogP contribution in [-0.2, 0) is 19.1 Å². The first-order chi connectivity index (χ1) is 7.59. The van der Waals surface area contributed by atoms with Crippen molar-refractivity contribution in [3.63, 3.8) is 0 Å². The second-order valence-electron chi connectivity index (χ2n) is 3.63. The van der Waals surface area contributed by atoms with E-state index in [1.165, 1.54) is 0 Å². The van der Waals surface area contributed by atoms with E-state index in [1.807, 2.05) is 0 Å². The smallest absolute Gasteiger partial charge is 0.450 e. The molecule has 2 saturated heterocycles. The Morgan fingerprint density at radius 3 is 2.56 bits per heavy atom. The summed E-state index contributed by atoms with van der Waals surface area (Å²) in [4.78, 5) is 34.2. The molecule has 2 aliphatic rings. The molecule has 1 N–H and O–H groups in total. The predicted octanol–water partition coefficient (Wildman–Crippen LogP) is -0.0550. The van der Waals surface area contributed by atoms with Crippen LogP contribution in [0.1, 0.15) is 19.3 Å². The average Bonchev–Trinajstić information content (AvgIpc) is 2.74. The van der Waals surface area contributed by atoms with Gasteiger partial charge in [0.2, 0.25) is 11.8 Å². The number of carbonyl (C=O) groups is 3. The molecule has 0 radical (unpaired) electrons. The predicted molar refractivity (Wildman–Crippen MR) is 48.3 cm³/mol. The zero-order valence-electron chi connectivity index (χ0n) is 8.42. The Labute approximate surface area is 90.9 Å². The summed E-state index contributed by atoms with van der Waals surface area (Å²) in [6.07, 6.45) is -2.44. The maximum atomic E-state index is 11.4. The van der Waals surface area contributed by atoms with Crippen molar-refractivity contribution in [2.75, 3.05) is 6.61 Å². The highest BCUT2D eigenvalue weighted by molar-refractivity contribution is 6.02. The molecule has 7 heteroatoms. The molecule has 0 aliphatic carbocycles. The van der Waals surface area contributed by atoms with Gasteiger partial charge in [0, 0.05) is 19.3 Å². The monoisotopic (exact) mass is 229 g/mol. The molecule has 0 bridgehead atoms. The number of imide groups is 1. The first-order valence-electron chi connectivity index (χ1n) is 4.95. The normalized spacial score (nSPS) is 29.9. The summed E-state index contributed by atoms with van der Waals surface area (Å²) in [6, 6.07) is 0. The molecule has 7 nitrogen and oxygen atoms in total. The number of carbonyl (C=O) groups excluding carboxylic acids is 2. The van der Waals surface area contributed by atoms with Gasteiger partial charge in [0.05, 0.1) is 6.61 Å². The number of carboxylic acid groups (broad SMARTS) is 1. The SMILES string of the molecule is O=C(O)OC1CCOC1N1C(=O)CCC1=O. The van der Waals surface area contributed by atoms with Crippen LogP contribution < -0.4 is 0 Å². The molecule has 2 unspecified atom stereocenters. The van der Waals surface area contributed by atoms with Crippen LogP contribution in [0.15, 0.2) is 0 Å². The van der Waals surface area contributed by atoms with Crippen molar-refractivity contribution in [3.05, 3.63) is 0 Å². The molecular formula is C9H11NO6. The Morgan fingerprint density at radius 1 is 1.38 bits per heavy atom. The lowest BCUT2D eigenvalue weighted by Crippen LogP contribution is -2.46. The Hall–Kier alpha value is -1.63. The van der Waals surface area contributed by atoms with Crippen LogP contribution in [0.2, 0.25) is 0 Å². The Balaban J connectivity index is 2.10. The van der Waals surface area contributed by atoms with E-state index in [-0.39, 0.29) is 31.3 Å². The van der Waals surface area contributed by atoms with Crippen molar-refractivity contribution in [2.24, 2.45) is 0 Å². The summed E-state index contributed by atoms with van der Waals surface area (Å²) in [5, 5.41) is 8.50. The number of hydrogen-bond donors (Lipinski definition) is 1. The minimum absolute atomic E-state index is 0.151. The van der Waals surface area contributed by atoms with Gasteiger partial charge >= 0.3 is 6.16 Å². The maximum Gasteiger partial charge on any atom is 0.506 e. The number of amides is 2. The van der Waals surface area contributed by atoms with Crippen molar-refractivity contribution in [3.8, 4) is 0 Å². The lowest BCUT2D eigenvalue weighted by Gasteiger charge is -2.25. The summed E-state index contributed by atoms with van der Waals surface area (Å²) in [5.74, 6) is -0.674. The van der Waals surface area contributed by atoms with Gasteiger partial charge in [-0.05, 0) is 0 Å². The highest BCUT2D eigenvalue weighted by Crippen LogP contribution is 2.25. The molecule has 2 fully saturated rings. The van der Waals surface area contributed by atoms with Crippen molar-refractivity contribution in [2.45, 2.75) is 31.6 Å². The van der Waals surface area contributed by atoms with E-state index in [0.717, 1.165) is 4.90 Å². The summed E-state index contributed by atoms with van der Waals surface area (Å²) in [7, 11) is 0. The third-order valence-corrected chi connectivity index (χ3v) is 2.61. The number of hydrogen-bond acceptors (Lipinski definition) is 5. The van der Waals surface area contributed by atoms with Crippen molar-refractivity contribution in [1.29, 1.82) is 0 Å². The van der Waals surface area contributed by atoms with E-state index >= 15 is 0 Å². The van der Waals surface area contributed by atoms with Crippen LogP contribution >= 0.6 is 0 Å². The van der Waals surface area contributed by atoms with Crippen molar-refractivity contribution >= 4 is 18.0 Å². The Kier molecular flexibility index (Phi) is 2.78. The van der Waals surface area contributed by atoms with Gasteiger partial charge in [-0.25, -0.2) is 4.79 Å². The standard InChI is InChI=1S/C9H11NO6/c11-6-1-2-7(12)10(6)8-5(3-4-15-8)16-9(13)14/h5,8H,1-4H2,(H,13,14). The zero-order chi connectivity index (χ0) is 11.7. The zero-order valence-corrected chi connectivity index (χ0v) is 8.42.